The molecule has 0 aliphatic carbocycles. The number of carbonyl (C=O) groups excluding carboxylic acids is 5. The third kappa shape index (κ3) is 38.8. The monoisotopic (exact) mass is 2100 g/mol. The Labute approximate surface area is 864 Å². The number of aliphatic hydroxyl groups is 2. The van der Waals surface area contributed by atoms with E-state index in [9.17, 15) is 51.0 Å². The van der Waals surface area contributed by atoms with Crippen molar-refractivity contribution in [1.29, 1.82) is 0 Å². The maximum absolute atomic E-state index is 13.5. The molecule has 11 rings (SSSR count). The Kier molecular flexibility index (Phi) is 48.0. The molecule has 3 fully saturated rings. The molecular formula is C108H152N4O33S2. The maximum atomic E-state index is 13.5. The molecule has 3 saturated heterocycles. The van der Waals surface area contributed by atoms with Crippen LogP contribution >= 0.6 is 0 Å². The second-order valence-electron chi connectivity index (χ2n) is 38.7. The largest absolute Gasteiger partial charge is 0.493 e. The number of fused-ring (bicyclic) bond motifs is 7. The van der Waals surface area contributed by atoms with E-state index in [4.69, 9.17) is 115 Å². The number of esters is 4. The van der Waals surface area contributed by atoms with E-state index in [0.29, 0.717) is 95.4 Å². The molecule has 0 saturated carbocycles. The van der Waals surface area contributed by atoms with Crippen LogP contribution in [0, 0.1) is 41.4 Å². The summed E-state index contributed by atoms with van der Waals surface area (Å²) in [6.07, 6.45) is 28.6. The number of methoxy groups -OCH3 is 4. The summed E-state index contributed by atoms with van der Waals surface area (Å²) < 4.78 is 173. The van der Waals surface area contributed by atoms with E-state index in [1.54, 1.807) is 56.3 Å². The van der Waals surface area contributed by atoms with E-state index in [-0.39, 0.29) is 196 Å². The Hall–Kier alpha value is -10.6. The van der Waals surface area contributed by atoms with Crippen molar-refractivity contribution in [2.75, 3.05) is 119 Å². The summed E-state index contributed by atoms with van der Waals surface area (Å²) in [6.45, 7) is 33.9. The highest BCUT2D eigenvalue weighted by atomic mass is 32.2. The van der Waals surface area contributed by atoms with Gasteiger partial charge in [0.2, 0.25) is 0 Å². The minimum Gasteiger partial charge on any atom is -0.493 e. The first-order chi connectivity index (χ1) is 69.5. The van der Waals surface area contributed by atoms with Crippen LogP contribution in [0.5, 0.6) is 46.0 Å². The SMILES string of the molecule is COCOc1cc(OCCCS(C)(=O)=O)cc2c1C(=O)O[C@@H](C)[C@H](C)/C=C\C(=O)C(O)C(O)C/C=C/2.COCOc1cc(OCCCS(C)(=O)=O)cc2c1C(=O)O[C@@H](C)[C@H](C)/C=C\C(C)C1OC(C)(C)OC1C/C=C/2.COCOc1cc(OCCN)cc2c1C(=O)O[C@@H](C)[C@H](C)/C=C\C(C)C1OC(C)(C)OC1C/C=C/2.COCOc1cc(OCCN=[N+]=[N-])cc2c1C(=O)O[C@@H](C)[C@H](C)/C=C\C(C)C1OC(C)(C)OC1C/C=C/2. The van der Waals surface area contributed by atoms with Crippen molar-refractivity contribution in [3.63, 3.8) is 0 Å². The Bertz CT molecular complexity index is 5550. The number of hydrogen-bond acceptors (Lipinski definition) is 35. The first kappa shape index (κ1) is 122. The molecule has 7 aliphatic rings. The van der Waals surface area contributed by atoms with Gasteiger partial charge < -0.3 is 120 Å². The fraction of sp³-hybridized carbons (Fsp3) is 0.583. The Morgan fingerprint density at radius 2 is 0.653 bits per heavy atom. The molecule has 4 aromatic rings. The first-order valence-electron chi connectivity index (χ1n) is 49.5. The standard InChI is InChI=1S/C29H42O9S.C27H37N3O7.C27H39NO7.C25H34O10S/c1-19-12-13-20(2)27-24(37-29(4,5)38-27)11-8-10-22-16-23(34-14-9-15-39(7,31)32)17-25(35-18-33-6)26(22)28(30)36-21(19)3;1-17-10-11-18(2)25-22(36-27(4,5)37-25)9-7-8-20-14-21(33-13-12-29-30-28)15-23(34-16-32-6)24(20)26(31)35-19(17)3;1-17-10-11-18(2)25-22(34-27(4,5)35-25)9-7-8-20-14-21(31-13-12-28)15-23(32-16-30-6)24(20)26(29)33-19(17)3;1-16-9-10-21(27)24(28)20(26)8-5-7-18-13-19(33-11-6-12-36(4,30)31)14-22(34-15-32-3)23(18)25(29)35-17(16)2/h8,10,12-13,16-17,19-21,24,27H,9,11,14-15,18H2,1-7H3;7-8,10-11,14-15,17-19,22,25H,9,12-13,16H2,1-6H3;7-8,10-11,14-15,17-19,22,25H,9,12-13,16,28H2,1-6H3;5,7,9-10,13-14,16-17,20,24,26,28H,6,8,11-12,15H2,1-4H3/b10-8+,13-12-;2*8-7+,11-10-;7-5+,10-9-/t19-,20?,21+,24?,27?;2*17-,18?,19+,22?,25?;16-,17+,20?,24?/m1111/s1. The lowest BCUT2D eigenvalue weighted by molar-refractivity contribution is -0.148. The van der Waals surface area contributed by atoms with Crippen molar-refractivity contribution in [2.45, 2.75) is 247 Å². The van der Waals surface area contributed by atoms with E-state index in [0.717, 1.165) is 6.26 Å². The van der Waals surface area contributed by atoms with Gasteiger partial charge in [-0.3, -0.25) is 4.79 Å². The zero-order valence-corrected chi connectivity index (χ0v) is 90.5. The van der Waals surface area contributed by atoms with Crippen molar-refractivity contribution in [3.8, 4) is 46.0 Å². The predicted octanol–water partition coefficient (Wildman–Crippen LogP) is 16.7. The number of nitrogens with two attached hydrogens (primary N) is 1. The molecule has 0 bridgehead atoms. The van der Waals surface area contributed by atoms with Gasteiger partial charge in [0.25, 0.3) is 0 Å². The molecule has 814 valence electrons. The van der Waals surface area contributed by atoms with Crippen molar-refractivity contribution in [2.24, 2.45) is 52.3 Å². The summed E-state index contributed by atoms with van der Waals surface area (Å²) in [5, 5.41) is 23.9. The van der Waals surface area contributed by atoms with Gasteiger partial charge in [-0.15, -0.1) is 0 Å². The van der Waals surface area contributed by atoms with E-state index in [1.165, 1.54) is 65.1 Å². The second-order valence-corrected chi connectivity index (χ2v) is 43.2. The van der Waals surface area contributed by atoms with Gasteiger partial charge in [-0.05, 0) is 166 Å². The highest BCUT2D eigenvalue weighted by Crippen LogP contribution is 2.43. The van der Waals surface area contributed by atoms with Gasteiger partial charge >= 0.3 is 23.9 Å². The van der Waals surface area contributed by atoms with Gasteiger partial charge in [0.1, 0.15) is 125 Å². The zero-order valence-electron chi connectivity index (χ0n) is 88.8. The lowest BCUT2D eigenvalue weighted by Gasteiger charge is -2.23. The minimum atomic E-state index is -3.14. The Morgan fingerprint density at radius 3 is 0.932 bits per heavy atom. The summed E-state index contributed by atoms with van der Waals surface area (Å²) in [5.74, 6) is -2.38. The van der Waals surface area contributed by atoms with Crippen molar-refractivity contribution >= 4 is 73.6 Å². The van der Waals surface area contributed by atoms with Gasteiger partial charge in [-0.2, -0.15) is 0 Å². The number of hydrogen-bond donors (Lipinski definition) is 3. The third-order valence-corrected chi connectivity index (χ3v) is 26.8. The normalized spacial score (nSPS) is 28.4. The third-order valence-electron chi connectivity index (χ3n) is 24.7. The van der Waals surface area contributed by atoms with E-state index in [1.807, 2.05) is 126 Å². The van der Waals surface area contributed by atoms with Crippen LogP contribution in [0.3, 0.4) is 0 Å². The Balaban J connectivity index is 0.000000239. The van der Waals surface area contributed by atoms with Gasteiger partial charge in [0, 0.05) is 118 Å². The molecule has 0 aromatic heterocycles. The molecule has 147 heavy (non-hydrogen) atoms. The topological polar surface area (TPSA) is 472 Å². The quantitative estimate of drug-likeness (QED) is 0.00664. The molecule has 19 atom stereocenters. The van der Waals surface area contributed by atoms with Crippen LogP contribution in [0.25, 0.3) is 34.7 Å². The van der Waals surface area contributed by atoms with Crippen LogP contribution in [0.1, 0.15) is 220 Å². The van der Waals surface area contributed by atoms with Crippen LogP contribution in [0.2, 0.25) is 0 Å². The fourth-order valence-corrected chi connectivity index (χ4v) is 17.7. The fourth-order valence-electron chi connectivity index (χ4n) is 16.4. The van der Waals surface area contributed by atoms with Gasteiger partial charge in [0.05, 0.1) is 80.6 Å². The zero-order chi connectivity index (χ0) is 108. The molecule has 0 amide bonds. The van der Waals surface area contributed by atoms with Gasteiger partial charge in [-0.1, -0.05) is 145 Å². The van der Waals surface area contributed by atoms with Crippen LogP contribution < -0.4 is 43.6 Å². The number of sulfone groups is 2. The molecule has 0 spiro atoms. The molecular weight excluding hydrogens is 1950 g/mol. The van der Waals surface area contributed by atoms with Gasteiger partial charge in [0.15, 0.2) is 50.3 Å². The number of benzene rings is 4. The van der Waals surface area contributed by atoms with Crippen molar-refractivity contribution in [1.82, 2.24) is 0 Å². The first-order valence-corrected chi connectivity index (χ1v) is 53.6. The van der Waals surface area contributed by atoms with Crippen LogP contribution in [0.15, 0.2) is 127 Å². The van der Waals surface area contributed by atoms with Crippen molar-refractivity contribution < 1.29 is 155 Å². The van der Waals surface area contributed by atoms with E-state index in [2.05, 4.69) is 61.2 Å². The average Bonchev–Trinajstić information content (AvgIpc) is 1.13. The molecule has 4 N–H and O–H groups in total. The molecule has 39 heteroatoms. The highest BCUT2D eigenvalue weighted by molar-refractivity contribution is 7.90. The van der Waals surface area contributed by atoms with Gasteiger partial charge in [-0.25, -0.2) is 36.0 Å². The predicted molar refractivity (Wildman–Crippen MR) is 553 cm³/mol. The summed E-state index contributed by atoms with van der Waals surface area (Å²) in [6, 6.07) is 13.2. The summed E-state index contributed by atoms with van der Waals surface area (Å²) in [5.41, 5.74) is 17.1. The summed E-state index contributed by atoms with van der Waals surface area (Å²) in [4.78, 5) is 68.4. The number of carbonyl (C=O) groups is 5. The lowest BCUT2D eigenvalue weighted by atomic mass is 9.94. The molecule has 37 nitrogen and oxygen atoms in total. The van der Waals surface area contributed by atoms with E-state index >= 15 is 0 Å². The molecule has 7 heterocycles. The second kappa shape index (κ2) is 58.0. The number of rotatable bonds is 29. The summed E-state index contributed by atoms with van der Waals surface area (Å²) >= 11 is 0. The molecule has 7 aliphatic heterocycles. The average molecular weight is 2100 g/mol. The number of nitrogens with zero attached hydrogens (tertiary/aromatic N) is 3. The number of aliphatic hydroxyl groups excluding tert-OH is 2. The van der Waals surface area contributed by atoms with Crippen LogP contribution in [-0.2, 0) is 90.8 Å². The Morgan fingerprint density at radius 1 is 0.381 bits per heavy atom. The number of ketones is 1. The summed E-state index contributed by atoms with van der Waals surface area (Å²) in [7, 11) is -0.311. The van der Waals surface area contributed by atoms with Crippen LogP contribution in [-0.4, -0.2) is 266 Å². The van der Waals surface area contributed by atoms with Crippen LogP contribution in [0.4, 0.5) is 0 Å². The van der Waals surface area contributed by atoms with Crippen molar-refractivity contribution in [3.05, 3.63) is 176 Å². The molecule has 11 unspecified atom stereocenters. The smallest absolute Gasteiger partial charge is 0.342 e. The molecule has 4 aromatic carbocycles. The number of azide groups is 1. The minimum absolute atomic E-state index is 0.00683. The number of cyclic esters (lactones) is 4. The molecule has 0 radical (unpaired) electrons. The highest BCUT2D eigenvalue weighted by Gasteiger charge is 2.46. The number of ether oxygens (including phenoxy) is 22. The lowest BCUT2D eigenvalue weighted by Crippen LogP contribution is -2.32. The van der Waals surface area contributed by atoms with E-state index < -0.39 is 97.2 Å². The maximum Gasteiger partial charge on any atom is 0.342 e.